The Morgan fingerprint density at radius 2 is 2.14 bits per heavy atom. The van der Waals surface area contributed by atoms with E-state index in [2.05, 4.69) is 0 Å². The maximum atomic E-state index is 8.78. The van der Waals surface area contributed by atoms with Crippen LogP contribution in [0.15, 0.2) is 41.0 Å². The molecule has 3 heteroatoms. The molecule has 14 heavy (non-hydrogen) atoms. The summed E-state index contributed by atoms with van der Waals surface area (Å²) in [4.78, 5) is 0. The Kier molecular flexibility index (Phi) is 1.96. The van der Waals surface area contributed by atoms with E-state index in [1.807, 2.05) is 18.2 Å². The van der Waals surface area contributed by atoms with Gasteiger partial charge in [-0.05, 0) is 30.3 Å². The number of hydrogen-bond acceptors (Lipinski definition) is 3. The predicted octanol–water partition coefficient (Wildman–Crippen LogP) is 2.40. The monoisotopic (exact) mass is 184 g/mol. The third-order valence-electron chi connectivity index (χ3n) is 1.98. The van der Waals surface area contributed by atoms with E-state index in [1.54, 1.807) is 24.5 Å². The van der Waals surface area contributed by atoms with Gasteiger partial charge < -0.3 is 10.2 Å². The SMILES string of the molecule is N#Cc1cc(-c2ccco2)ccc1N. The smallest absolute Gasteiger partial charge is 0.133 e. The van der Waals surface area contributed by atoms with Gasteiger partial charge in [-0.25, -0.2) is 0 Å². The summed E-state index contributed by atoms with van der Waals surface area (Å²) in [6.45, 7) is 0. The maximum absolute atomic E-state index is 8.78. The maximum Gasteiger partial charge on any atom is 0.133 e. The van der Waals surface area contributed by atoms with Crippen LogP contribution in [0, 0.1) is 11.3 Å². The van der Waals surface area contributed by atoms with Crippen LogP contribution >= 0.6 is 0 Å². The van der Waals surface area contributed by atoms with Crippen LogP contribution in [0.3, 0.4) is 0 Å². The molecule has 2 aromatic rings. The fourth-order valence-electron chi connectivity index (χ4n) is 1.25. The zero-order valence-electron chi connectivity index (χ0n) is 7.40. The Hall–Kier alpha value is -2.21. The minimum absolute atomic E-state index is 0.471. The van der Waals surface area contributed by atoms with Crippen LogP contribution < -0.4 is 5.73 Å². The van der Waals surface area contributed by atoms with Crippen molar-refractivity contribution >= 4 is 5.69 Å². The Balaban J connectivity index is 2.53. The van der Waals surface area contributed by atoms with E-state index in [0.29, 0.717) is 11.3 Å². The quantitative estimate of drug-likeness (QED) is 0.692. The summed E-state index contributed by atoms with van der Waals surface area (Å²) < 4.78 is 5.21. The van der Waals surface area contributed by atoms with Gasteiger partial charge in [0.2, 0.25) is 0 Å². The molecule has 0 fully saturated rings. The fraction of sp³-hybridized carbons (Fsp3) is 0. The van der Waals surface area contributed by atoms with E-state index in [4.69, 9.17) is 15.4 Å². The summed E-state index contributed by atoms with van der Waals surface area (Å²) in [7, 11) is 0. The first-order valence-corrected chi connectivity index (χ1v) is 4.15. The second-order valence-corrected chi connectivity index (χ2v) is 2.89. The number of benzene rings is 1. The number of nitrogens with zero attached hydrogens (tertiary/aromatic N) is 1. The highest BCUT2D eigenvalue weighted by Gasteiger charge is 2.03. The second-order valence-electron chi connectivity index (χ2n) is 2.89. The third kappa shape index (κ3) is 1.34. The lowest BCUT2D eigenvalue weighted by Crippen LogP contribution is -1.89. The van der Waals surface area contributed by atoms with Crippen molar-refractivity contribution in [3.05, 3.63) is 42.2 Å². The molecule has 0 saturated carbocycles. The Labute approximate surface area is 81.4 Å². The van der Waals surface area contributed by atoms with Gasteiger partial charge in [-0.15, -0.1) is 0 Å². The number of nitriles is 1. The fourth-order valence-corrected chi connectivity index (χ4v) is 1.25. The molecule has 0 atom stereocenters. The third-order valence-corrected chi connectivity index (χ3v) is 1.98. The van der Waals surface area contributed by atoms with Crippen molar-refractivity contribution in [3.63, 3.8) is 0 Å². The zero-order valence-corrected chi connectivity index (χ0v) is 7.40. The van der Waals surface area contributed by atoms with Crippen molar-refractivity contribution in [2.24, 2.45) is 0 Å². The first-order chi connectivity index (χ1) is 6.81. The van der Waals surface area contributed by atoms with Crippen LogP contribution in [0.4, 0.5) is 5.69 Å². The zero-order chi connectivity index (χ0) is 9.97. The highest BCUT2D eigenvalue weighted by Crippen LogP contribution is 2.23. The van der Waals surface area contributed by atoms with E-state index in [9.17, 15) is 0 Å². The summed E-state index contributed by atoms with van der Waals surface area (Å²) in [5.74, 6) is 0.738. The number of furan rings is 1. The van der Waals surface area contributed by atoms with Crippen LogP contribution in [0.25, 0.3) is 11.3 Å². The molecule has 0 aliphatic carbocycles. The van der Waals surface area contributed by atoms with Crippen molar-refractivity contribution < 1.29 is 4.42 Å². The molecule has 1 aromatic heterocycles. The van der Waals surface area contributed by atoms with E-state index in [0.717, 1.165) is 11.3 Å². The summed E-state index contributed by atoms with van der Waals surface area (Å²) in [5.41, 5.74) is 7.42. The molecular formula is C11H8N2O. The van der Waals surface area contributed by atoms with Gasteiger partial charge in [0.05, 0.1) is 11.8 Å². The largest absolute Gasteiger partial charge is 0.464 e. The average Bonchev–Trinajstić information content (AvgIpc) is 2.71. The van der Waals surface area contributed by atoms with Crippen LogP contribution in [0.1, 0.15) is 5.56 Å². The Bertz CT molecular complexity index is 480. The summed E-state index contributed by atoms with van der Waals surface area (Å²) in [5, 5.41) is 8.78. The van der Waals surface area contributed by atoms with Crippen molar-refractivity contribution in [1.82, 2.24) is 0 Å². The first kappa shape index (κ1) is 8.39. The summed E-state index contributed by atoms with van der Waals surface area (Å²) >= 11 is 0. The second kappa shape index (κ2) is 3.27. The van der Waals surface area contributed by atoms with E-state index in [-0.39, 0.29) is 0 Å². The van der Waals surface area contributed by atoms with Gasteiger partial charge in [0.1, 0.15) is 11.8 Å². The molecule has 2 N–H and O–H groups in total. The van der Waals surface area contributed by atoms with Crippen LogP contribution in [0.5, 0.6) is 0 Å². The van der Waals surface area contributed by atoms with Gasteiger partial charge in [-0.2, -0.15) is 5.26 Å². The topological polar surface area (TPSA) is 63.0 Å². The van der Waals surface area contributed by atoms with Crippen molar-refractivity contribution in [3.8, 4) is 17.4 Å². The van der Waals surface area contributed by atoms with Gasteiger partial charge in [0.25, 0.3) is 0 Å². The van der Waals surface area contributed by atoms with E-state index >= 15 is 0 Å². The molecule has 2 rings (SSSR count). The minimum atomic E-state index is 0.471. The lowest BCUT2D eigenvalue weighted by atomic mass is 10.1. The standard InChI is InChI=1S/C11H8N2O/c12-7-9-6-8(3-4-10(9)13)11-2-1-5-14-11/h1-6H,13H2. The highest BCUT2D eigenvalue weighted by atomic mass is 16.3. The lowest BCUT2D eigenvalue weighted by molar-refractivity contribution is 0.582. The van der Waals surface area contributed by atoms with Gasteiger partial charge in [-0.1, -0.05) is 0 Å². The molecule has 0 aliphatic rings. The first-order valence-electron chi connectivity index (χ1n) is 4.15. The molecule has 0 unspecified atom stereocenters. The number of rotatable bonds is 1. The summed E-state index contributed by atoms with van der Waals surface area (Å²) in [6, 6.07) is 10.9. The molecular weight excluding hydrogens is 176 g/mol. The molecule has 1 heterocycles. The van der Waals surface area contributed by atoms with E-state index < -0.39 is 0 Å². The Morgan fingerprint density at radius 3 is 2.79 bits per heavy atom. The predicted molar refractivity (Wildman–Crippen MR) is 53.3 cm³/mol. The molecule has 0 amide bonds. The lowest BCUT2D eigenvalue weighted by Gasteiger charge is -1.99. The van der Waals surface area contributed by atoms with Gasteiger partial charge in [0, 0.05) is 11.3 Å². The molecule has 0 saturated heterocycles. The molecule has 1 aromatic carbocycles. The summed E-state index contributed by atoms with van der Waals surface area (Å²) in [6.07, 6.45) is 1.59. The van der Waals surface area contributed by atoms with Crippen LogP contribution in [0.2, 0.25) is 0 Å². The molecule has 0 aliphatic heterocycles. The van der Waals surface area contributed by atoms with Crippen LogP contribution in [-0.2, 0) is 0 Å². The van der Waals surface area contributed by atoms with Gasteiger partial charge in [0.15, 0.2) is 0 Å². The highest BCUT2D eigenvalue weighted by molar-refractivity contribution is 5.66. The van der Waals surface area contributed by atoms with E-state index in [1.165, 1.54) is 0 Å². The van der Waals surface area contributed by atoms with Gasteiger partial charge >= 0.3 is 0 Å². The van der Waals surface area contributed by atoms with Crippen LogP contribution in [-0.4, -0.2) is 0 Å². The molecule has 0 spiro atoms. The Morgan fingerprint density at radius 1 is 1.29 bits per heavy atom. The molecule has 0 radical (unpaired) electrons. The number of hydrogen-bond donors (Lipinski definition) is 1. The van der Waals surface area contributed by atoms with Crippen molar-refractivity contribution in [2.75, 3.05) is 5.73 Å². The molecule has 0 bridgehead atoms. The normalized spacial score (nSPS) is 9.64. The minimum Gasteiger partial charge on any atom is -0.464 e. The van der Waals surface area contributed by atoms with Crippen molar-refractivity contribution in [1.29, 1.82) is 5.26 Å². The molecule has 3 nitrogen and oxygen atoms in total. The number of nitrogen functional groups attached to an aromatic ring is 1. The number of nitrogens with two attached hydrogens (primary N) is 1. The average molecular weight is 184 g/mol. The van der Waals surface area contributed by atoms with Gasteiger partial charge in [-0.3, -0.25) is 0 Å². The molecule has 68 valence electrons. The number of anilines is 1. The van der Waals surface area contributed by atoms with Crippen molar-refractivity contribution in [2.45, 2.75) is 0 Å².